The van der Waals surface area contributed by atoms with E-state index in [1.807, 2.05) is 0 Å². The van der Waals surface area contributed by atoms with Crippen LogP contribution in [-0.2, 0) is 28.6 Å². The number of anilines is 1. The Kier molecular flexibility index (Phi) is 4.62. The van der Waals surface area contributed by atoms with Gasteiger partial charge in [0.05, 0.1) is 11.4 Å². The Hall–Kier alpha value is -2.06. The van der Waals surface area contributed by atoms with Crippen LogP contribution in [0.5, 0.6) is 0 Å². The molecule has 1 aromatic carbocycles. The molecule has 2 heterocycles. The molecule has 138 valence electrons. The van der Waals surface area contributed by atoms with Gasteiger partial charge < -0.3 is 4.90 Å². The van der Waals surface area contributed by atoms with Gasteiger partial charge in [0.15, 0.2) is 5.82 Å². The van der Waals surface area contributed by atoms with Crippen molar-refractivity contribution < 1.29 is 12.8 Å². The highest BCUT2D eigenvalue weighted by Crippen LogP contribution is 2.24. The van der Waals surface area contributed by atoms with E-state index in [1.165, 1.54) is 34.1 Å². The molecule has 0 unspecified atom stereocenters. The van der Waals surface area contributed by atoms with Crippen molar-refractivity contribution in [3.05, 3.63) is 53.0 Å². The standard InChI is InChI=1S/C18H21FN4O2S/c19-16-6-4-14(5-7-16)13-26(24,25)23-10-8-22(9-11-23)18-12-15-2-1-3-17(15)20-21-18/h4-7,12H,1-3,8-11,13H2. The molecule has 0 amide bonds. The van der Waals surface area contributed by atoms with Gasteiger partial charge in [-0.15, -0.1) is 5.10 Å². The van der Waals surface area contributed by atoms with Gasteiger partial charge in [0.1, 0.15) is 5.82 Å². The van der Waals surface area contributed by atoms with Gasteiger partial charge in [-0.1, -0.05) is 12.1 Å². The van der Waals surface area contributed by atoms with Gasteiger partial charge in [-0.2, -0.15) is 9.40 Å². The van der Waals surface area contributed by atoms with Crippen LogP contribution in [-0.4, -0.2) is 49.1 Å². The average Bonchev–Trinajstić information content (AvgIpc) is 3.11. The Morgan fingerprint density at radius 1 is 1.00 bits per heavy atom. The normalized spacial score (nSPS) is 18.1. The van der Waals surface area contributed by atoms with E-state index < -0.39 is 10.0 Å². The topological polar surface area (TPSA) is 66.4 Å². The number of sulfonamides is 1. The van der Waals surface area contributed by atoms with Gasteiger partial charge in [-0.05, 0) is 48.6 Å². The fraction of sp³-hybridized carbons (Fsp3) is 0.444. The van der Waals surface area contributed by atoms with E-state index in [9.17, 15) is 12.8 Å². The van der Waals surface area contributed by atoms with Crippen LogP contribution in [0.2, 0.25) is 0 Å². The van der Waals surface area contributed by atoms with Crippen molar-refractivity contribution in [3.8, 4) is 0 Å². The summed E-state index contributed by atoms with van der Waals surface area (Å²) >= 11 is 0. The quantitative estimate of drug-likeness (QED) is 0.813. The predicted octanol–water partition coefficient (Wildman–Crippen LogP) is 1.76. The second-order valence-electron chi connectivity index (χ2n) is 6.80. The van der Waals surface area contributed by atoms with Crippen LogP contribution < -0.4 is 4.90 Å². The first-order valence-electron chi connectivity index (χ1n) is 8.84. The summed E-state index contributed by atoms with van der Waals surface area (Å²) in [6.07, 6.45) is 3.17. The molecule has 0 radical (unpaired) electrons. The first kappa shape index (κ1) is 17.4. The number of aromatic nitrogens is 2. The highest BCUT2D eigenvalue weighted by Gasteiger charge is 2.28. The lowest BCUT2D eigenvalue weighted by Crippen LogP contribution is -2.49. The molecule has 0 saturated carbocycles. The fourth-order valence-electron chi connectivity index (χ4n) is 3.55. The van der Waals surface area contributed by atoms with E-state index in [2.05, 4.69) is 21.2 Å². The highest BCUT2D eigenvalue weighted by atomic mass is 32.2. The van der Waals surface area contributed by atoms with Gasteiger partial charge in [-0.3, -0.25) is 0 Å². The smallest absolute Gasteiger partial charge is 0.218 e. The molecule has 0 N–H and O–H groups in total. The summed E-state index contributed by atoms with van der Waals surface area (Å²) in [6.45, 7) is 2.02. The number of nitrogens with zero attached hydrogens (tertiary/aromatic N) is 4. The van der Waals surface area contributed by atoms with Gasteiger partial charge >= 0.3 is 0 Å². The van der Waals surface area contributed by atoms with Gasteiger partial charge in [-0.25, -0.2) is 12.8 Å². The van der Waals surface area contributed by atoms with Gasteiger partial charge in [0.2, 0.25) is 10.0 Å². The Morgan fingerprint density at radius 2 is 1.73 bits per heavy atom. The van der Waals surface area contributed by atoms with Crippen molar-refractivity contribution in [2.75, 3.05) is 31.1 Å². The van der Waals surface area contributed by atoms with Crippen LogP contribution in [0.15, 0.2) is 30.3 Å². The molecule has 26 heavy (non-hydrogen) atoms. The Labute approximate surface area is 152 Å². The van der Waals surface area contributed by atoms with Crippen molar-refractivity contribution >= 4 is 15.8 Å². The minimum absolute atomic E-state index is 0.105. The minimum atomic E-state index is -3.42. The summed E-state index contributed by atoms with van der Waals surface area (Å²) in [5, 5.41) is 8.62. The second-order valence-corrected chi connectivity index (χ2v) is 8.77. The van der Waals surface area contributed by atoms with E-state index in [4.69, 9.17) is 0 Å². The lowest BCUT2D eigenvalue weighted by atomic mass is 10.2. The Bertz CT molecular complexity index is 894. The SMILES string of the molecule is O=S(=O)(Cc1ccc(F)cc1)N1CCN(c2cc3c(nn2)CCC3)CC1. The van der Waals surface area contributed by atoms with E-state index in [0.717, 1.165) is 30.8 Å². The molecule has 1 aliphatic carbocycles. The van der Waals surface area contributed by atoms with Crippen molar-refractivity contribution in [1.29, 1.82) is 0 Å². The van der Waals surface area contributed by atoms with Crippen molar-refractivity contribution in [1.82, 2.24) is 14.5 Å². The fourth-order valence-corrected chi connectivity index (χ4v) is 5.07. The summed E-state index contributed by atoms with van der Waals surface area (Å²) in [5.74, 6) is 0.364. The molecule has 4 rings (SSSR count). The number of rotatable bonds is 4. The molecule has 2 aromatic rings. The third-order valence-corrected chi connectivity index (χ3v) is 6.88. The van der Waals surface area contributed by atoms with Gasteiger partial charge in [0, 0.05) is 26.2 Å². The predicted molar refractivity (Wildman–Crippen MR) is 96.9 cm³/mol. The largest absolute Gasteiger partial charge is 0.352 e. The first-order chi connectivity index (χ1) is 12.5. The van der Waals surface area contributed by atoms with E-state index >= 15 is 0 Å². The van der Waals surface area contributed by atoms with E-state index in [1.54, 1.807) is 0 Å². The second kappa shape index (κ2) is 6.92. The molecule has 0 spiro atoms. The molecular weight excluding hydrogens is 355 g/mol. The average molecular weight is 376 g/mol. The molecule has 6 nitrogen and oxygen atoms in total. The van der Waals surface area contributed by atoms with Crippen molar-refractivity contribution in [3.63, 3.8) is 0 Å². The molecule has 0 bridgehead atoms. The highest BCUT2D eigenvalue weighted by molar-refractivity contribution is 7.88. The molecule has 1 aliphatic heterocycles. The van der Waals surface area contributed by atoms with Crippen LogP contribution in [0, 0.1) is 5.82 Å². The maximum absolute atomic E-state index is 13.0. The molecular formula is C18H21FN4O2S. The van der Waals surface area contributed by atoms with Crippen LogP contribution in [0.1, 0.15) is 23.2 Å². The van der Waals surface area contributed by atoms with Crippen molar-refractivity contribution in [2.24, 2.45) is 0 Å². The third kappa shape index (κ3) is 3.57. The molecule has 0 atom stereocenters. The van der Waals surface area contributed by atoms with Crippen LogP contribution >= 0.6 is 0 Å². The summed E-state index contributed by atoms with van der Waals surface area (Å²) in [5.41, 5.74) is 2.95. The molecule has 8 heteroatoms. The monoisotopic (exact) mass is 376 g/mol. The lowest BCUT2D eigenvalue weighted by Gasteiger charge is -2.34. The van der Waals surface area contributed by atoms with Crippen LogP contribution in [0.3, 0.4) is 0 Å². The number of hydrogen-bond acceptors (Lipinski definition) is 5. The van der Waals surface area contributed by atoms with Crippen molar-refractivity contribution in [2.45, 2.75) is 25.0 Å². The van der Waals surface area contributed by atoms with E-state index in [0.29, 0.717) is 31.7 Å². The maximum atomic E-state index is 13.0. The zero-order chi connectivity index (χ0) is 18.1. The summed E-state index contributed by atoms with van der Waals surface area (Å²) in [7, 11) is -3.42. The molecule has 1 aromatic heterocycles. The summed E-state index contributed by atoms with van der Waals surface area (Å²) in [6, 6.07) is 7.70. The number of hydrogen-bond donors (Lipinski definition) is 0. The molecule has 1 fully saturated rings. The number of benzene rings is 1. The zero-order valence-corrected chi connectivity index (χ0v) is 15.3. The summed E-state index contributed by atoms with van der Waals surface area (Å²) < 4.78 is 39.7. The number of piperazine rings is 1. The minimum Gasteiger partial charge on any atom is -0.352 e. The summed E-state index contributed by atoms with van der Waals surface area (Å²) in [4.78, 5) is 2.09. The van der Waals surface area contributed by atoms with Gasteiger partial charge in [0.25, 0.3) is 0 Å². The zero-order valence-electron chi connectivity index (χ0n) is 14.4. The number of fused-ring (bicyclic) bond motifs is 1. The lowest BCUT2D eigenvalue weighted by molar-refractivity contribution is 0.383. The number of halogens is 1. The molecule has 1 saturated heterocycles. The first-order valence-corrected chi connectivity index (χ1v) is 10.4. The Balaban J connectivity index is 1.40. The molecule has 2 aliphatic rings. The Morgan fingerprint density at radius 3 is 2.46 bits per heavy atom. The van der Waals surface area contributed by atoms with E-state index in [-0.39, 0.29) is 11.6 Å². The van der Waals surface area contributed by atoms with Crippen LogP contribution in [0.25, 0.3) is 0 Å². The number of aryl methyl sites for hydroxylation is 2. The third-order valence-electron chi connectivity index (χ3n) is 5.03. The van der Waals surface area contributed by atoms with Crippen LogP contribution in [0.4, 0.5) is 10.2 Å². The maximum Gasteiger partial charge on any atom is 0.218 e.